The minimum Gasteiger partial charge on any atom is -0.480 e. The first-order valence-corrected chi connectivity index (χ1v) is 10.3. The summed E-state index contributed by atoms with van der Waals surface area (Å²) in [7, 11) is 1.55. The summed E-state index contributed by atoms with van der Waals surface area (Å²) < 4.78 is 7.06. The fraction of sp³-hybridized carbons (Fsp3) is 0.0870. The third kappa shape index (κ3) is 3.50. The summed E-state index contributed by atoms with van der Waals surface area (Å²) in [5.41, 5.74) is 11.5. The van der Waals surface area contributed by atoms with Crippen LogP contribution in [-0.2, 0) is 5.88 Å². The van der Waals surface area contributed by atoms with Gasteiger partial charge in [0, 0.05) is 17.8 Å². The number of fused-ring (bicyclic) bond motifs is 1. The molecule has 158 valence electrons. The van der Waals surface area contributed by atoms with E-state index >= 15 is 0 Å². The van der Waals surface area contributed by atoms with Gasteiger partial charge in [0.15, 0.2) is 11.5 Å². The van der Waals surface area contributed by atoms with Gasteiger partial charge in [-0.15, -0.1) is 11.6 Å². The molecule has 0 aliphatic carbocycles. The summed E-state index contributed by atoms with van der Waals surface area (Å²) in [5.74, 6) is 1.91. The molecule has 2 N–H and O–H groups in total. The first kappa shape index (κ1) is 19.9. The van der Waals surface area contributed by atoms with Gasteiger partial charge in [-0.2, -0.15) is 0 Å². The molecule has 0 bridgehead atoms. The molecular weight excluding hydrogens is 426 g/mol. The number of ether oxygens (including phenoxy) is 1. The van der Waals surface area contributed by atoms with E-state index in [2.05, 4.69) is 15.0 Å². The molecule has 0 spiro atoms. The van der Waals surface area contributed by atoms with Crippen LogP contribution in [0.3, 0.4) is 0 Å². The second kappa shape index (κ2) is 8.24. The molecule has 0 amide bonds. The molecule has 32 heavy (non-hydrogen) atoms. The summed E-state index contributed by atoms with van der Waals surface area (Å²) in [4.78, 5) is 22.6. The number of aromatic nitrogens is 6. The van der Waals surface area contributed by atoms with Crippen LogP contribution >= 0.6 is 11.6 Å². The van der Waals surface area contributed by atoms with Crippen LogP contribution in [0.25, 0.3) is 39.6 Å². The van der Waals surface area contributed by atoms with Crippen LogP contribution in [0.2, 0.25) is 0 Å². The number of pyridine rings is 2. The molecule has 5 aromatic rings. The van der Waals surface area contributed by atoms with Gasteiger partial charge in [0.1, 0.15) is 17.0 Å². The summed E-state index contributed by atoms with van der Waals surface area (Å²) in [6, 6.07) is 15.4. The van der Waals surface area contributed by atoms with Crippen molar-refractivity contribution in [2.45, 2.75) is 5.88 Å². The van der Waals surface area contributed by atoms with E-state index < -0.39 is 0 Å². The molecule has 0 fully saturated rings. The smallest absolute Gasteiger partial charge is 0.232 e. The van der Waals surface area contributed by atoms with E-state index in [1.54, 1.807) is 25.7 Å². The third-order valence-electron chi connectivity index (χ3n) is 5.03. The monoisotopic (exact) mass is 443 g/mol. The number of nitrogen functional groups attached to an aromatic ring is 1. The summed E-state index contributed by atoms with van der Waals surface area (Å²) in [5, 5.41) is 0. The van der Waals surface area contributed by atoms with Crippen molar-refractivity contribution in [2.75, 3.05) is 12.8 Å². The fourth-order valence-corrected chi connectivity index (χ4v) is 3.60. The van der Waals surface area contributed by atoms with Gasteiger partial charge in [-0.05, 0) is 42.0 Å². The second-order valence-electron chi connectivity index (χ2n) is 6.99. The number of halogens is 1. The molecule has 4 heterocycles. The maximum absolute atomic E-state index is 6.18. The van der Waals surface area contributed by atoms with Crippen molar-refractivity contribution in [3.63, 3.8) is 0 Å². The van der Waals surface area contributed by atoms with E-state index in [1.807, 2.05) is 53.1 Å². The highest BCUT2D eigenvalue weighted by Gasteiger charge is 2.19. The maximum Gasteiger partial charge on any atom is 0.232 e. The normalized spacial score (nSPS) is 11.1. The van der Waals surface area contributed by atoms with Gasteiger partial charge in [-0.1, -0.05) is 12.1 Å². The molecule has 5 rings (SSSR count). The Balaban J connectivity index is 1.74. The second-order valence-corrected chi connectivity index (χ2v) is 7.26. The Morgan fingerprint density at radius 3 is 2.47 bits per heavy atom. The lowest BCUT2D eigenvalue weighted by Gasteiger charge is -2.11. The predicted molar refractivity (Wildman–Crippen MR) is 124 cm³/mol. The molecule has 4 aromatic heterocycles. The van der Waals surface area contributed by atoms with Crippen molar-refractivity contribution < 1.29 is 4.74 Å². The number of hydrogen-bond acceptors (Lipinski definition) is 7. The van der Waals surface area contributed by atoms with Gasteiger partial charge < -0.3 is 10.5 Å². The Morgan fingerprint density at radius 2 is 1.78 bits per heavy atom. The van der Waals surface area contributed by atoms with Gasteiger partial charge in [0.2, 0.25) is 5.88 Å². The van der Waals surface area contributed by atoms with E-state index in [-0.39, 0.29) is 0 Å². The first-order chi connectivity index (χ1) is 15.7. The average molecular weight is 444 g/mol. The van der Waals surface area contributed by atoms with Gasteiger partial charge in [-0.25, -0.2) is 24.9 Å². The largest absolute Gasteiger partial charge is 0.480 e. The first-order valence-electron chi connectivity index (χ1n) is 9.80. The Hall–Kier alpha value is -4.04. The standard InChI is InChI=1S/C23H18ClN7O/c1-32-20-13-27-19(12-28-20)17-8-9-18-23(29-17)31(15-6-4-14(11-24)5-7-15)22(30-18)16-3-2-10-26-21(16)25/h2-10,12-13H,11H2,1H3,(H2,25,26). The fourth-order valence-electron chi connectivity index (χ4n) is 3.42. The van der Waals surface area contributed by atoms with Crippen molar-refractivity contribution >= 4 is 28.6 Å². The molecule has 9 heteroatoms. The zero-order valence-electron chi connectivity index (χ0n) is 17.1. The minimum absolute atomic E-state index is 0.391. The number of imidazole rings is 1. The SMILES string of the molecule is COc1cnc(-c2ccc3nc(-c4cccnc4N)n(-c4ccc(CCl)cc4)c3n2)cn1. The molecular formula is C23H18ClN7O. The molecule has 0 aliphatic rings. The molecule has 0 atom stereocenters. The quantitative estimate of drug-likeness (QED) is 0.404. The van der Waals surface area contributed by atoms with Crippen LogP contribution < -0.4 is 10.5 Å². The van der Waals surface area contributed by atoms with E-state index in [9.17, 15) is 0 Å². The van der Waals surface area contributed by atoms with Gasteiger partial charge >= 0.3 is 0 Å². The van der Waals surface area contributed by atoms with Gasteiger partial charge in [0.05, 0.1) is 30.8 Å². The van der Waals surface area contributed by atoms with Crippen molar-refractivity contribution in [1.29, 1.82) is 0 Å². The van der Waals surface area contributed by atoms with E-state index in [0.717, 1.165) is 22.3 Å². The molecule has 0 radical (unpaired) electrons. The number of nitrogens with two attached hydrogens (primary N) is 1. The number of hydrogen-bond donors (Lipinski definition) is 1. The summed E-state index contributed by atoms with van der Waals surface area (Å²) >= 11 is 5.98. The Morgan fingerprint density at radius 1 is 0.938 bits per heavy atom. The zero-order valence-corrected chi connectivity index (χ0v) is 17.9. The Bertz CT molecular complexity index is 1400. The van der Waals surface area contributed by atoms with Gasteiger partial charge in [0.25, 0.3) is 0 Å². The lowest BCUT2D eigenvalue weighted by atomic mass is 10.2. The molecule has 0 aliphatic heterocycles. The minimum atomic E-state index is 0.391. The van der Waals surface area contributed by atoms with Crippen LogP contribution in [-0.4, -0.2) is 36.6 Å². The Kier molecular flexibility index (Phi) is 5.12. The number of rotatable bonds is 5. The topological polar surface area (TPSA) is 105 Å². The molecule has 0 saturated heterocycles. The van der Waals surface area contributed by atoms with Crippen LogP contribution in [0.1, 0.15) is 5.56 Å². The molecule has 8 nitrogen and oxygen atoms in total. The van der Waals surface area contributed by atoms with Crippen LogP contribution in [0.4, 0.5) is 5.82 Å². The summed E-state index contributed by atoms with van der Waals surface area (Å²) in [6.45, 7) is 0. The number of benzene rings is 1. The number of methoxy groups -OCH3 is 1. The van der Waals surface area contributed by atoms with E-state index in [0.29, 0.717) is 40.4 Å². The van der Waals surface area contributed by atoms with E-state index in [4.69, 9.17) is 32.0 Å². The van der Waals surface area contributed by atoms with Gasteiger partial charge in [-0.3, -0.25) is 4.57 Å². The summed E-state index contributed by atoms with van der Waals surface area (Å²) in [6.07, 6.45) is 4.84. The number of alkyl halides is 1. The lowest BCUT2D eigenvalue weighted by molar-refractivity contribution is 0.396. The highest BCUT2D eigenvalue weighted by Crippen LogP contribution is 2.31. The average Bonchev–Trinajstić information content (AvgIpc) is 3.23. The van der Waals surface area contributed by atoms with Crippen molar-refractivity contribution in [1.82, 2.24) is 29.5 Å². The lowest BCUT2D eigenvalue weighted by Crippen LogP contribution is -2.02. The number of anilines is 1. The zero-order chi connectivity index (χ0) is 22.1. The van der Waals surface area contributed by atoms with E-state index in [1.165, 1.54) is 0 Å². The molecule has 0 unspecified atom stereocenters. The molecule has 0 saturated carbocycles. The number of nitrogens with zero attached hydrogens (tertiary/aromatic N) is 6. The van der Waals surface area contributed by atoms with Crippen molar-refractivity contribution in [3.05, 3.63) is 72.7 Å². The highest BCUT2D eigenvalue weighted by molar-refractivity contribution is 6.17. The van der Waals surface area contributed by atoms with Crippen LogP contribution in [0, 0.1) is 0 Å². The third-order valence-corrected chi connectivity index (χ3v) is 5.34. The van der Waals surface area contributed by atoms with Crippen molar-refractivity contribution in [3.8, 4) is 34.3 Å². The van der Waals surface area contributed by atoms with Crippen LogP contribution in [0.15, 0.2) is 67.1 Å². The van der Waals surface area contributed by atoms with Crippen molar-refractivity contribution in [2.24, 2.45) is 0 Å². The maximum atomic E-state index is 6.18. The molecule has 1 aromatic carbocycles. The Labute approximate surface area is 188 Å². The highest BCUT2D eigenvalue weighted by atomic mass is 35.5. The van der Waals surface area contributed by atoms with Crippen LogP contribution in [0.5, 0.6) is 5.88 Å². The predicted octanol–water partition coefficient (Wildman–Crippen LogP) is 4.27.